The van der Waals surface area contributed by atoms with Crippen molar-refractivity contribution >= 4 is 57.5 Å². The number of thioether (sulfide) groups is 1. The van der Waals surface area contributed by atoms with Crippen molar-refractivity contribution in [2.24, 2.45) is 0 Å². The molecule has 3 aromatic rings. The Morgan fingerprint density at radius 2 is 1.91 bits per heavy atom. The third kappa shape index (κ3) is 5.91. The molecule has 2 amide bonds. The highest BCUT2D eigenvalue weighted by Gasteiger charge is 2.32. The average Bonchev–Trinajstić information content (AvgIpc) is 3.39. The zero-order valence-corrected chi connectivity index (χ0v) is 21.2. The van der Waals surface area contributed by atoms with E-state index in [1.54, 1.807) is 24.5 Å². The van der Waals surface area contributed by atoms with Crippen LogP contribution in [-0.2, 0) is 16.1 Å². The number of thiocarbonyl (C=S) groups is 1. The molecule has 2 aromatic carbocycles. The first-order valence-electron chi connectivity index (χ1n) is 10.6. The number of ether oxygens (including phenoxy) is 1. The molecule has 0 radical (unpaired) electrons. The highest BCUT2D eigenvalue weighted by Crippen LogP contribution is 2.32. The van der Waals surface area contributed by atoms with E-state index < -0.39 is 0 Å². The van der Waals surface area contributed by atoms with E-state index in [1.165, 1.54) is 16.7 Å². The molecule has 1 N–H and O–H groups in total. The predicted octanol–water partition coefficient (Wildman–Crippen LogP) is 5.03. The number of rotatable bonds is 8. The van der Waals surface area contributed by atoms with Crippen molar-refractivity contribution < 1.29 is 14.3 Å². The Bertz CT molecular complexity index is 1230. The Kier molecular flexibility index (Phi) is 7.77. The van der Waals surface area contributed by atoms with Crippen molar-refractivity contribution in [3.05, 3.63) is 75.0 Å². The largest absolute Gasteiger partial charge is 0.497 e. The molecule has 1 aliphatic rings. The second-order valence-corrected chi connectivity index (χ2v) is 10.3. The van der Waals surface area contributed by atoms with Gasteiger partial charge in [0, 0.05) is 30.5 Å². The summed E-state index contributed by atoms with van der Waals surface area (Å²) in [5, 5.41) is 5.98. The molecule has 6 nitrogen and oxygen atoms in total. The normalized spacial score (nSPS) is 14.6. The minimum atomic E-state index is -0.175. The quantitative estimate of drug-likeness (QED) is 0.339. The number of thiazole rings is 1. The topological polar surface area (TPSA) is 71.5 Å². The fourth-order valence-corrected chi connectivity index (χ4v) is 5.27. The van der Waals surface area contributed by atoms with Gasteiger partial charge in [-0.1, -0.05) is 60.4 Å². The van der Waals surface area contributed by atoms with Gasteiger partial charge in [-0.15, -0.1) is 11.3 Å². The highest BCUT2D eigenvalue weighted by atomic mass is 32.2. The molecule has 1 saturated heterocycles. The third-order valence-electron chi connectivity index (χ3n) is 5.21. The van der Waals surface area contributed by atoms with E-state index in [0.717, 1.165) is 33.1 Å². The van der Waals surface area contributed by atoms with E-state index in [4.69, 9.17) is 17.0 Å². The van der Waals surface area contributed by atoms with Gasteiger partial charge in [0.1, 0.15) is 10.1 Å². The summed E-state index contributed by atoms with van der Waals surface area (Å²) in [6.45, 7) is 2.65. The monoisotopic (exact) mass is 509 g/mol. The first-order chi connectivity index (χ1) is 16.4. The van der Waals surface area contributed by atoms with Crippen LogP contribution >= 0.6 is 35.3 Å². The maximum atomic E-state index is 12.8. The number of hydrogen-bond acceptors (Lipinski definition) is 7. The summed E-state index contributed by atoms with van der Waals surface area (Å²) in [5.74, 6) is 0.445. The smallest absolute Gasteiger partial charge is 0.266 e. The molecule has 1 aliphatic heterocycles. The van der Waals surface area contributed by atoms with Crippen molar-refractivity contribution in [3.8, 4) is 17.0 Å². The van der Waals surface area contributed by atoms with Crippen LogP contribution in [0.3, 0.4) is 0 Å². The molecule has 0 bridgehead atoms. The number of hydrogen-bond donors (Lipinski definition) is 1. The number of nitrogens with one attached hydrogen (secondary N) is 1. The second-order valence-electron chi connectivity index (χ2n) is 7.58. The van der Waals surface area contributed by atoms with Crippen molar-refractivity contribution in [1.29, 1.82) is 0 Å². The van der Waals surface area contributed by atoms with Gasteiger partial charge in [-0.25, -0.2) is 4.98 Å². The molecule has 2 heterocycles. The number of nitrogens with zero attached hydrogens (tertiary/aromatic N) is 2. The van der Waals surface area contributed by atoms with Crippen molar-refractivity contribution in [2.75, 3.05) is 13.7 Å². The lowest BCUT2D eigenvalue weighted by Crippen LogP contribution is -2.33. The summed E-state index contributed by atoms with van der Waals surface area (Å²) in [6, 6.07) is 15.4. The highest BCUT2D eigenvalue weighted by molar-refractivity contribution is 8.26. The van der Waals surface area contributed by atoms with Gasteiger partial charge in [0.05, 0.1) is 22.7 Å². The molecule has 9 heteroatoms. The van der Waals surface area contributed by atoms with Gasteiger partial charge < -0.3 is 10.1 Å². The molecule has 0 atom stereocenters. The lowest BCUT2D eigenvalue weighted by atomic mass is 10.1. The number of benzene rings is 2. The van der Waals surface area contributed by atoms with Gasteiger partial charge in [0.2, 0.25) is 5.91 Å². The van der Waals surface area contributed by atoms with Crippen molar-refractivity contribution in [3.63, 3.8) is 0 Å². The van der Waals surface area contributed by atoms with E-state index in [-0.39, 0.29) is 24.8 Å². The number of carbonyl (C=O) groups excluding carboxylic acids is 2. The molecule has 0 spiro atoms. The molecule has 0 aliphatic carbocycles. The molecule has 1 aromatic heterocycles. The van der Waals surface area contributed by atoms with Crippen LogP contribution in [0, 0.1) is 6.92 Å². The van der Waals surface area contributed by atoms with Crippen LogP contribution in [0.15, 0.2) is 58.8 Å². The number of methoxy groups -OCH3 is 1. The van der Waals surface area contributed by atoms with Gasteiger partial charge in [-0.05, 0) is 36.3 Å². The van der Waals surface area contributed by atoms with Gasteiger partial charge in [0.25, 0.3) is 5.91 Å². The maximum Gasteiger partial charge on any atom is 0.266 e. The van der Waals surface area contributed by atoms with Crippen LogP contribution in [0.4, 0.5) is 0 Å². The summed E-state index contributed by atoms with van der Waals surface area (Å²) in [7, 11) is 1.61. The van der Waals surface area contributed by atoms with Gasteiger partial charge >= 0.3 is 0 Å². The molecule has 4 rings (SSSR count). The zero-order valence-electron chi connectivity index (χ0n) is 18.7. The molecule has 174 valence electrons. The molecule has 0 saturated carbocycles. The Hall–Kier alpha value is -3.01. The Labute approximate surface area is 212 Å². The van der Waals surface area contributed by atoms with Gasteiger partial charge in [-0.3, -0.25) is 14.5 Å². The SMILES string of the molecule is COc1ccc(/C=C2\SC(=S)N(CCC(=O)NCc3ccc(-c4csc(C)n4)cc3)C2=O)cc1. The summed E-state index contributed by atoms with van der Waals surface area (Å²) < 4.78 is 5.62. The van der Waals surface area contributed by atoms with Gasteiger partial charge in [0.15, 0.2) is 0 Å². The molecule has 0 unspecified atom stereocenters. The summed E-state index contributed by atoms with van der Waals surface area (Å²) in [6.07, 6.45) is 1.98. The van der Waals surface area contributed by atoms with E-state index in [1.807, 2.05) is 60.8 Å². The third-order valence-corrected chi connectivity index (χ3v) is 7.36. The first-order valence-corrected chi connectivity index (χ1v) is 12.7. The second kappa shape index (κ2) is 10.9. The lowest BCUT2D eigenvalue weighted by Gasteiger charge is -2.14. The Morgan fingerprint density at radius 3 is 2.56 bits per heavy atom. The Balaban J connectivity index is 1.27. The molecular weight excluding hydrogens is 486 g/mol. The summed E-state index contributed by atoms with van der Waals surface area (Å²) in [5.41, 5.74) is 3.89. The minimum absolute atomic E-state index is 0.132. The van der Waals surface area contributed by atoms with Gasteiger partial charge in [-0.2, -0.15) is 0 Å². The Morgan fingerprint density at radius 1 is 1.18 bits per heavy atom. The lowest BCUT2D eigenvalue weighted by molar-refractivity contribution is -0.123. The number of aromatic nitrogens is 1. The zero-order chi connectivity index (χ0) is 24.1. The molecule has 34 heavy (non-hydrogen) atoms. The van der Waals surface area contributed by atoms with Crippen LogP contribution in [0.5, 0.6) is 5.75 Å². The van der Waals surface area contributed by atoms with Crippen LogP contribution in [-0.4, -0.2) is 39.7 Å². The van der Waals surface area contributed by atoms with Crippen molar-refractivity contribution in [2.45, 2.75) is 19.9 Å². The predicted molar refractivity (Wildman–Crippen MR) is 142 cm³/mol. The summed E-state index contributed by atoms with van der Waals surface area (Å²) in [4.78, 5) is 31.7. The molecular formula is C25H23N3O3S3. The van der Waals surface area contributed by atoms with Crippen LogP contribution in [0.1, 0.15) is 22.6 Å². The number of carbonyl (C=O) groups is 2. The maximum absolute atomic E-state index is 12.8. The average molecular weight is 510 g/mol. The number of aryl methyl sites for hydroxylation is 1. The summed E-state index contributed by atoms with van der Waals surface area (Å²) >= 11 is 8.24. The standard InChI is InChI=1S/C25H23N3O3S3/c1-16-27-21(15-33-16)19-7-3-18(4-8-19)14-26-23(29)11-12-28-24(30)22(34-25(28)32)13-17-5-9-20(31-2)10-6-17/h3-10,13,15H,11-12,14H2,1-2H3,(H,26,29)/b22-13-. The minimum Gasteiger partial charge on any atom is -0.497 e. The number of amides is 2. The fraction of sp³-hybridized carbons (Fsp3) is 0.200. The van der Waals surface area contributed by atoms with E-state index in [9.17, 15) is 9.59 Å². The van der Waals surface area contributed by atoms with E-state index >= 15 is 0 Å². The first kappa shape index (κ1) is 24.1. The van der Waals surface area contributed by atoms with Crippen molar-refractivity contribution in [1.82, 2.24) is 15.2 Å². The van der Waals surface area contributed by atoms with Crippen LogP contribution in [0.25, 0.3) is 17.3 Å². The fourth-order valence-electron chi connectivity index (χ4n) is 3.34. The molecule has 1 fully saturated rings. The van der Waals surface area contributed by atoms with E-state index in [2.05, 4.69) is 10.3 Å². The van der Waals surface area contributed by atoms with Crippen LogP contribution < -0.4 is 10.1 Å². The van der Waals surface area contributed by atoms with E-state index in [0.29, 0.717) is 15.8 Å². The van der Waals surface area contributed by atoms with Crippen LogP contribution in [0.2, 0.25) is 0 Å².